The zero-order valence-electron chi connectivity index (χ0n) is 10.3. The van der Waals surface area contributed by atoms with Gasteiger partial charge < -0.3 is 10.4 Å². The molecule has 0 aliphatic heterocycles. The summed E-state index contributed by atoms with van der Waals surface area (Å²) in [6.45, 7) is 0.774. The number of nitrogens with one attached hydrogen (secondary N) is 1. The van der Waals surface area contributed by atoms with Gasteiger partial charge in [0.1, 0.15) is 0 Å². The summed E-state index contributed by atoms with van der Waals surface area (Å²) in [6.07, 6.45) is 4.75. The molecule has 18 heavy (non-hydrogen) atoms. The maximum absolute atomic E-state index is 9.80. The van der Waals surface area contributed by atoms with Crippen LogP contribution in [0, 0.1) is 0 Å². The summed E-state index contributed by atoms with van der Waals surface area (Å²) in [5.41, 5.74) is 2.26. The first-order valence-corrected chi connectivity index (χ1v) is 6.58. The third-order valence-corrected chi connectivity index (χ3v) is 3.75. The molecule has 1 saturated carbocycles. The van der Waals surface area contributed by atoms with E-state index < -0.39 is 0 Å². The summed E-state index contributed by atoms with van der Waals surface area (Å²) in [5.74, 6) is 0. The van der Waals surface area contributed by atoms with Crippen LogP contribution in [0.1, 0.15) is 24.8 Å². The van der Waals surface area contributed by atoms with Gasteiger partial charge in [-0.05, 0) is 30.9 Å². The maximum atomic E-state index is 9.80. The number of hydrogen-bond acceptors (Lipinski definition) is 3. The second kappa shape index (κ2) is 5.04. The summed E-state index contributed by atoms with van der Waals surface area (Å²) in [7, 11) is 0. The molecule has 0 spiro atoms. The van der Waals surface area contributed by atoms with Crippen molar-refractivity contribution in [1.29, 1.82) is 0 Å². The van der Waals surface area contributed by atoms with Gasteiger partial charge in [0.2, 0.25) is 0 Å². The van der Waals surface area contributed by atoms with Crippen molar-refractivity contribution in [2.24, 2.45) is 0 Å². The minimum absolute atomic E-state index is 0.187. The second-order valence-corrected chi connectivity index (χ2v) is 4.98. The van der Waals surface area contributed by atoms with Crippen LogP contribution in [0.15, 0.2) is 36.5 Å². The normalized spacial score (nSPS) is 23.6. The van der Waals surface area contributed by atoms with Gasteiger partial charge in [-0.2, -0.15) is 0 Å². The van der Waals surface area contributed by atoms with E-state index in [1.807, 2.05) is 12.3 Å². The highest BCUT2D eigenvalue weighted by molar-refractivity contribution is 5.81. The molecule has 3 rings (SSSR count). The quantitative estimate of drug-likeness (QED) is 0.867. The topological polar surface area (TPSA) is 45.1 Å². The Morgan fingerprint density at radius 1 is 1.22 bits per heavy atom. The fourth-order valence-corrected chi connectivity index (χ4v) is 2.73. The standard InChI is InChI=1S/C15H18N2O/c18-14-8-2-7-13(14)17-10-12-5-1-4-11-6-3-9-16-15(11)12/h1,3-6,9,13-14,17-18H,2,7-8,10H2/t13-,14-/m1/s1. The smallest absolute Gasteiger partial charge is 0.0746 e. The molecule has 2 N–H and O–H groups in total. The molecule has 1 heterocycles. The summed E-state index contributed by atoms with van der Waals surface area (Å²) in [6, 6.07) is 10.5. The largest absolute Gasteiger partial charge is 0.392 e. The van der Waals surface area contributed by atoms with Crippen LogP contribution in [-0.2, 0) is 6.54 Å². The Labute approximate surface area is 107 Å². The Morgan fingerprint density at radius 2 is 2.11 bits per heavy atom. The maximum Gasteiger partial charge on any atom is 0.0746 e. The van der Waals surface area contributed by atoms with Crippen LogP contribution in [0.25, 0.3) is 10.9 Å². The number of nitrogens with zero attached hydrogens (tertiary/aromatic N) is 1. The summed E-state index contributed by atoms with van der Waals surface area (Å²) >= 11 is 0. The number of fused-ring (bicyclic) bond motifs is 1. The van der Waals surface area contributed by atoms with E-state index in [1.54, 1.807) is 0 Å². The summed E-state index contributed by atoms with van der Waals surface area (Å²) < 4.78 is 0. The van der Waals surface area contributed by atoms with Crippen molar-refractivity contribution in [3.8, 4) is 0 Å². The van der Waals surface area contributed by atoms with E-state index in [0.29, 0.717) is 0 Å². The molecule has 0 saturated heterocycles. The fourth-order valence-electron chi connectivity index (χ4n) is 2.73. The van der Waals surface area contributed by atoms with Gasteiger partial charge >= 0.3 is 0 Å². The number of pyridine rings is 1. The fraction of sp³-hybridized carbons (Fsp3) is 0.400. The van der Waals surface area contributed by atoms with Gasteiger partial charge in [0.05, 0.1) is 11.6 Å². The van der Waals surface area contributed by atoms with Crippen LogP contribution in [-0.4, -0.2) is 22.2 Å². The first-order valence-electron chi connectivity index (χ1n) is 6.58. The van der Waals surface area contributed by atoms with E-state index in [4.69, 9.17) is 0 Å². The van der Waals surface area contributed by atoms with E-state index in [0.717, 1.165) is 31.3 Å². The van der Waals surface area contributed by atoms with Gasteiger partial charge in [-0.25, -0.2) is 0 Å². The van der Waals surface area contributed by atoms with Crippen molar-refractivity contribution in [2.75, 3.05) is 0 Å². The van der Waals surface area contributed by atoms with E-state index in [1.165, 1.54) is 10.9 Å². The van der Waals surface area contributed by atoms with Crippen molar-refractivity contribution in [3.63, 3.8) is 0 Å². The van der Waals surface area contributed by atoms with Gasteiger partial charge in [0, 0.05) is 24.2 Å². The Hall–Kier alpha value is -1.45. The lowest BCUT2D eigenvalue weighted by Gasteiger charge is -2.16. The molecule has 1 fully saturated rings. The third kappa shape index (κ3) is 2.24. The molecule has 1 aromatic heterocycles. The van der Waals surface area contributed by atoms with Crippen molar-refractivity contribution >= 4 is 10.9 Å². The van der Waals surface area contributed by atoms with Crippen LogP contribution >= 0.6 is 0 Å². The number of hydrogen-bond donors (Lipinski definition) is 2. The third-order valence-electron chi connectivity index (χ3n) is 3.75. The number of aliphatic hydroxyl groups is 1. The zero-order chi connectivity index (χ0) is 12.4. The number of aromatic nitrogens is 1. The van der Waals surface area contributed by atoms with Crippen molar-refractivity contribution < 1.29 is 5.11 Å². The van der Waals surface area contributed by atoms with Crippen LogP contribution in [0.3, 0.4) is 0 Å². The molecular formula is C15H18N2O. The molecule has 1 aromatic carbocycles. The lowest BCUT2D eigenvalue weighted by Crippen LogP contribution is -2.35. The SMILES string of the molecule is O[C@@H]1CCC[C@H]1NCc1cccc2cccnc12. The lowest BCUT2D eigenvalue weighted by atomic mass is 10.1. The molecule has 94 valence electrons. The molecule has 0 unspecified atom stereocenters. The molecule has 1 aliphatic rings. The van der Waals surface area contributed by atoms with Gasteiger partial charge in [0.15, 0.2) is 0 Å². The van der Waals surface area contributed by atoms with Crippen molar-refractivity contribution in [1.82, 2.24) is 10.3 Å². The van der Waals surface area contributed by atoms with E-state index in [-0.39, 0.29) is 12.1 Å². The first-order chi connectivity index (χ1) is 8.84. The molecule has 0 bridgehead atoms. The van der Waals surface area contributed by atoms with Crippen LogP contribution in [0.5, 0.6) is 0 Å². The molecule has 2 atom stereocenters. The molecule has 1 aliphatic carbocycles. The number of aliphatic hydroxyl groups excluding tert-OH is 1. The van der Waals surface area contributed by atoms with Gasteiger partial charge in [-0.1, -0.05) is 24.3 Å². The molecule has 0 radical (unpaired) electrons. The second-order valence-electron chi connectivity index (χ2n) is 4.98. The van der Waals surface area contributed by atoms with Gasteiger partial charge in [0.25, 0.3) is 0 Å². The van der Waals surface area contributed by atoms with Crippen LogP contribution in [0.4, 0.5) is 0 Å². The minimum atomic E-state index is -0.187. The zero-order valence-corrected chi connectivity index (χ0v) is 10.3. The highest BCUT2D eigenvalue weighted by Crippen LogP contribution is 2.20. The minimum Gasteiger partial charge on any atom is -0.392 e. The van der Waals surface area contributed by atoms with Gasteiger partial charge in [-0.15, -0.1) is 0 Å². The number of rotatable bonds is 3. The van der Waals surface area contributed by atoms with Crippen molar-refractivity contribution in [2.45, 2.75) is 38.0 Å². The summed E-state index contributed by atoms with van der Waals surface area (Å²) in [4.78, 5) is 4.44. The monoisotopic (exact) mass is 242 g/mol. The van der Waals surface area contributed by atoms with E-state index in [9.17, 15) is 5.11 Å². The molecular weight excluding hydrogens is 224 g/mol. The average molecular weight is 242 g/mol. The Morgan fingerprint density at radius 3 is 2.94 bits per heavy atom. The van der Waals surface area contributed by atoms with E-state index >= 15 is 0 Å². The molecule has 3 heteroatoms. The highest BCUT2D eigenvalue weighted by atomic mass is 16.3. The van der Waals surface area contributed by atoms with Crippen LogP contribution in [0.2, 0.25) is 0 Å². The van der Waals surface area contributed by atoms with Crippen LogP contribution < -0.4 is 5.32 Å². The average Bonchev–Trinajstić information content (AvgIpc) is 2.82. The first kappa shape index (κ1) is 11.6. The highest BCUT2D eigenvalue weighted by Gasteiger charge is 2.24. The Bertz CT molecular complexity index is 536. The predicted molar refractivity (Wildman–Crippen MR) is 72.2 cm³/mol. The molecule has 2 aromatic rings. The van der Waals surface area contributed by atoms with E-state index in [2.05, 4.69) is 34.6 Å². The summed E-state index contributed by atoms with van der Waals surface area (Å²) in [5, 5.41) is 14.4. The Balaban J connectivity index is 1.78. The molecule has 3 nitrogen and oxygen atoms in total. The predicted octanol–water partition coefficient (Wildman–Crippen LogP) is 2.24. The molecule has 0 amide bonds. The lowest BCUT2D eigenvalue weighted by molar-refractivity contribution is 0.148. The number of para-hydroxylation sites is 1. The van der Waals surface area contributed by atoms with Crippen molar-refractivity contribution in [3.05, 3.63) is 42.1 Å². The number of benzene rings is 1. The van der Waals surface area contributed by atoms with Gasteiger partial charge in [-0.3, -0.25) is 4.98 Å². The Kier molecular flexibility index (Phi) is 3.26.